The summed E-state index contributed by atoms with van der Waals surface area (Å²) in [5.74, 6) is 1.74. The van der Waals surface area contributed by atoms with Crippen molar-refractivity contribution in [1.82, 2.24) is 20.0 Å². The third-order valence-corrected chi connectivity index (χ3v) is 5.49. The number of hydrogen-bond acceptors (Lipinski definition) is 7. The Hall–Kier alpha value is -2.48. The highest BCUT2D eigenvalue weighted by molar-refractivity contribution is 5.68. The van der Waals surface area contributed by atoms with Crippen molar-refractivity contribution >= 4 is 6.09 Å². The van der Waals surface area contributed by atoms with Crippen LogP contribution in [0.1, 0.15) is 61.6 Å². The van der Waals surface area contributed by atoms with Gasteiger partial charge >= 0.3 is 6.09 Å². The number of rotatable bonds is 6. The molecule has 0 aromatic carbocycles. The minimum absolute atomic E-state index is 0.0304. The summed E-state index contributed by atoms with van der Waals surface area (Å²) in [6.07, 6.45) is 1.19. The molecule has 1 saturated heterocycles. The lowest BCUT2D eigenvalue weighted by Crippen LogP contribution is -2.49. The lowest BCUT2D eigenvalue weighted by molar-refractivity contribution is -0.0103. The van der Waals surface area contributed by atoms with E-state index >= 15 is 0 Å². The number of aromatic nitrogens is 3. The average molecular weight is 417 g/mol. The van der Waals surface area contributed by atoms with Gasteiger partial charge in [-0.2, -0.15) is 0 Å². The third-order valence-electron chi connectivity index (χ3n) is 5.49. The molecule has 0 N–H and O–H groups in total. The normalized spacial score (nSPS) is 16.9. The predicted molar refractivity (Wildman–Crippen MR) is 112 cm³/mol. The fourth-order valence-corrected chi connectivity index (χ4v) is 3.79. The van der Waals surface area contributed by atoms with Crippen molar-refractivity contribution in [2.45, 2.75) is 66.3 Å². The second kappa shape index (κ2) is 9.55. The molecule has 3 rings (SSSR count). The van der Waals surface area contributed by atoms with E-state index in [0.717, 1.165) is 46.2 Å². The summed E-state index contributed by atoms with van der Waals surface area (Å²) in [4.78, 5) is 23.8. The van der Waals surface area contributed by atoms with Gasteiger partial charge in [-0.05, 0) is 46.1 Å². The topological polar surface area (TPSA) is 90.6 Å². The Kier molecular flexibility index (Phi) is 7.07. The van der Waals surface area contributed by atoms with Crippen molar-refractivity contribution in [3.05, 3.63) is 28.5 Å². The Morgan fingerprint density at radius 3 is 2.67 bits per heavy atom. The molecule has 2 aromatic rings. The lowest BCUT2D eigenvalue weighted by atomic mass is 9.99. The molecule has 1 atom stereocenters. The van der Waals surface area contributed by atoms with Crippen molar-refractivity contribution in [3.63, 3.8) is 0 Å². The Labute approximate surface area is 178 Å². The SMILES string of the molecule is CCOC(=O)N1CCOC[C@H]1CCc1nc(C(C)C)nc(-c2c(C)noc2C)c1C. The van der Waals surface area contributed by atoms with E-state index in [9.17, 15) is 4.79 Å². The summed E-state index contributed by atoms with van der Waals surface area (Å²) in [5.41, 5.74) is 4.64. The highest BCUT2D eigenvalue weighted by Crippen LogP contribution is 2.31. The molecule has 0 radical (unpaired) electrons. The average Bonchev–Trinajstić information content (AvgIpc) is 3.05. The molecule has 1 fully saturated rings. The maximum absolute atomic E-state index is 12.3. The van der Waals surface area contributed by atoms with Crippen LogP contribution in [0.3, 0.4) is 0 Å². The van der Waals surface area contributed by atoms with Crippen LogP contribution in [0.4, 0.5) is 4.79 Å². The molecule has 0 spiro atoms. The van der Waals surface area contributed by atoms with Gasteiger partial charge in [-0.3, -0.25) is 0 Å². The summed E-state index contributed by atoms with van der Waals surface area (Å²) < 4.78 is 16.2. The van der Waals surface area contributed by atoms with Crippen LogP contribution < -0.4 is 0 Å². The Morgan fingerprint density at radius 2 is 2.03 bits per heavy atom. The Bertz CT molecular complexity index is 874. The predicted octanol–water partition coefficient (Wildman–Crippen LogP) is 3.97. The van der Waals surface area contributed by atoms with Crippen LogP contribution in [0.25, 0.3) is 11.3 Å². The van der Waals surface area contributed by atoms with Crippen molar-refractivity contribution in [1.29, 1.82) is 0 Å². The van der Waals surface area contributed by atoms with Gasteiger partial charge in [0.05, 0.1) is 42.8 Å². The fourth-order valence-electron chi connectivity index (χ4n) is 3.79. The monoisotopic (exact) mass is 416 g/mol. The molecule has 8 heteroatoms. The van der Waals surface area contributed by atoms with Gasteiger partial charge in [0, 0.05) is 18.2 Å². The van der Waals surface area contributed by atoms with E-state index < -0.39 is 0 Å². The van der Waals surface area contributed by atoms with Gasteiger partial charge in [-0.25, -0.2) is 14.8 Å². The quantitative estimate of drug-likeness (QED) is 0.704. The number of ether oxygens (including phenoxy) is 2. The standard InChI is InChI=1S/C22H32N4O4/c1-7-29-22(27)26-10-11-28-12-17(26)8-9-18-14(4)20(24-21(23-18)13(2)3)19-15(5)25-30-16(19)6/h13,17H,7-12H2,1-6H3/t17-/m1/s1. The van der Waals surface area contributed by atoms with Crippen LogP contribution in [0.15, 0.2) is 4.52 Å². The zero-order valence-corrected chi connectivity index (χ0v) is 18.8. The maximum Gasteiger partial charge on any atom is 0.410 e. The summed E-state index contributed by atoms with van der Waals surface area (Å²) in [6.45, 7) is 13.8. The number of nitrogens with zero attached hydrogens (tertiary/aromatic N) is 4. The van der Waals surface area contributed by atoms with Crippen molar-refractivity contribution in [3.8, 4) is 11.3 Å². The highest BCUT2D eigenvalue weighted by atomic mass is 16.6. The molecule has 0 saturated carbocycles. The molecule has 8 nitrogen and oxygen atoms in total. The summed E-state index contributed by atoms with van der Waals surface area (Å²) >= 11 is 0. The molecule has 0 bridgehead atoms. The maximum atomic E-state index is 12.3. The van der Waals surface area contributed by atoms with Crippen LogP contribution >= 0.6 is 0 Å². The summed E-state index contributed by atoms with van der Waals surface area (Å²) in [5, 5.41) is 4.09. The van der Waals surface area contributed by atoms with E-state index in [-0.39, 0.29) is 18.1 Å². The van der Waals surface area contributed by atoms with Crippen molar-refractivity contribution < 1.29 is 18.8 Å². The Morgan fingerprint density at radius 1 is 1.27 bits per heavy atom. The van der Waals surface area contributed by atoms with Gasteiger partial charge in [-0.15, -0.1) is 0 Å². The minimum Gasteiger partial charge on any atom is -0.450 e. The first-order valence-electron chi connectivity index (χ1n) is 10.6. The second-order valence-electron chi connectivity index (χ2n) is 8.02. The van der Waals surface area contributed by atoms with Crippen LogP contribution in [0.5, 0.6) is 0 Å². The number of carbonyl (C=O) groups is 1. The smallest absolute Gasteiger partial charge is 0.410 e. The van der Waals surface area contributed by atoms with Crippen LogP contribution in [0.2, 0.25) is 0 Å². The first kappa shape index (κ1) is 22.2. The minimum atomic E-state index is -0.274. The van der Waals surface area contributed by atoms with Crippen molar-refractivity contribution in [2.24, 2.45) is 0 Å². The van der Waals surface area contributed by atoms with Crippen LogP contribution in [0, 0.1) is 20.8 Å². The van der Waals surface area contributed by atoms with E-state index in [1.165, 1.54) is 0 Å². The van der Waals surface area contributed by atoms with E-state index in [1.807, 2.05) is 27.7 Å². The zero-order chi connectivity index (χ0) is 21.8. The molecule has 0 aliphatic carbocycles. The lowest BCUT2D eigenvalue weighted by Gasteiger charge is -2.34. The molecule has 0 unspecified atom stereocenters. The number of hydrogen-bond donors (Lipinski definition) is 0. The van der Waals surface area contributed by atoms with E-state index in [4.69, 9.17) is 24.0 Å². The summed E-state index contributed by atoms with van der Waals surface area (Å²) in [6, 6.07) is -0.0304. The first-order valence-corrected chi connectivity index (χ1v) is 10.6. The number of carbonyl (C=O) groups excluding carboxylic acids is 1. The van der Waals surface area contributed by atoms with Gasteiger partial charge in [0.1, 0.15) is 11.6 Å². The number of amides is 1. The van der Waals surface area contributed by atoms with Gasteiger partial charge < -0.3 is 18.9 Å². The number of aryl methyl sites for hydroxylation is 3. The van der Waals surface area contributed by atoms with Crippen molar-refractivity contribution in [2.75, 3.05) is 26.4 Å². The van der Waals surface area contributed by atoms with Gasteiger partial charge in [0.25, 0.3) is 0 Å². The third kappa shape index (κ3) is 4.64. The fraction of sp³-hybridized carbons (Fsp3) is 0.636. The Balaban J connectivity index is 1.89. The molecular weight excluding hydrogens is 384 g/mol. The highest BCUT2D eigenvalue weighted by Gasteiger charge is 2.29. The molecular formula is C22H32N4O4. The van der Waals surface area contributed by atoms with Gasteiger partial charge in [0.15, 0.2) is 0 Å². The second-order valence-corrected chi connectivity index (χ2v) is 8.02. The van der Waals surface area contributed by atoms with Crippen LogP contribution in [-0.2, 0) is 15.9 Å². The molecule has 2 aromatic heterocycles. The molecule has 1 aliphatic heterocycles. The zero-order valence-electron chi connectivity index (χ0n) is 18.8. The van der Waals surface area contributed by atoms with Crippen LogP contribution in [-0.4, -0.2) is 58.5 Å². The molecule has 164 valence electrons. The van der Waals surface area contributed by atoms with Gasteiger partial charge in [0.2, 0.25) is 0 Å². The molecule has 1 aliphatic rings. The van der Waals surface area contributed by atoms with E-state index in [1.54, 1.807) is 4.90 Å². The molecule has 30 heavy (non-hydrogen) atoms. The van der Waals surface area contributed by atoms with E-state index in [2.05, 4.69) is 19.0 Å². The summed E-state index contributed by atoms with van der Waals surface area (Å²) in [7, 11) is 0. The molecule has 3 heterocycles. The van der Waals surface area contributed by atoms with Gasteiger partial charge in [-0.1, -0.05) is 19.0 Å². The first-order chi connectivity index (χ1) is 14.3. The number of morpholine rings is 1. The van der Waals surface area contributed by atoms with E-state index in [0.29, 0.717) is 32.8 Å². The molecule has 1 amide bonds. The largest absolute Gasteiger partial charge is 0.450 e.